The Hall–Kier alpha value is -2.33. The van der Waals surface area contributed by atoms with Gasteiger partial charge in [0.25, 0.3) is 0 Å². The molecule has 0 fully saturated rings. The summed E-state index contributed by atoms with van der Waals surface area (Å²) in [6.45, 7) is 10.3. The maximum Gasteiger partial charge on any atom is 0.0656 e. The number of rotatable bonds is 6. The first-order valence-electron chi connectivity index (χ1n) is 8.22. The second-order valence-electron chi connectivity index (χ2n) is 6.30. The first-order valence-corrected chi connectivity index (χ1v) is 8.22. The number of aryl methyl sites for hydroxylation is 1. The van der Waals surface area contributed by atoms with E-state index in [0.717, 1.165) is 12.8 Å². The Morgan fingerprint density at radius 3 is 2.43 bits per heavy atom. The molecule has 2 atom stereocenters. The third-order valence-electron chi connectivity index (χ3n) is 4.58. The standard InChI is InChI=1S/C22H25N/c1-5-9-22(20-12-7-6-10-17(20)3)21-13-8-11-19(18(21)4)14-16(2)15-23/h5-8,10-13,16,22H,1,9,14H2,2-4H3. The molecule has 2 unspecified atom stereocenters. The molecule has 0 heterocycles. The molecule has 1 heteroatoms. The topological polar surface area (TPSA) is 23.8 Å². The average Bonchev–Trinajstić information content (AvgIpc) is 2.55. The summed E-state index contributed by atoms with van der Waals surface area (Å²) in [4.78, 5) is 0. The smallest absolute Gasteiger partial charge is 0.0656 e. The van der Waals surface area contributed by atoms with Crippen molar-refractivity contribution in [3.05, 3.63) is 82.9 Å². The zero-order valence-corrected chi connectivity index (χ0v) is 14.3. The number of allylic oxidation sites excluding steroid dienone is 1. The average molecular weight is 303 g/mol. The molecule has 2 aromatic rings. The highest BCUT2D eigenvalue weighted by Crippen LogP contribution is 2.34. The van der Waals surface area contributed by atoms with Crippen LogP contribution in [0.25, 0.3) is 0 Å². The Labute approximate surface area is 140 Å². The van der Waals surface area contributed by atoms with Gasteiger partial charge in [0, 0.05) is 11.8 Å². The molecule has 0 aromatic heterocycles. The molecule has 0 amide bonds. The fourth-order valence-electron chi connectivity index (χ4n) is 3.24. The summed E-state index contributed by atoms with van der Waals surface area (Å²) in [7, 11) is 0. The molecular weight excluding hydrogens is 278 g/mol. The van der Waals surface area contributed by atoms with Crippen molar-refractivity contribution in [2.45, 2.75) is 39.5 Å². The highest BCUT2D eigenvalue weighted by Gasteiger charge is 2.18. The van der Waals surface area contributed by atoms with E-state index in [1.54, 1.807) is 0 Å². The van der Waals surface area contributed by atoms with Gasteiger partial charge in [0.05, 0.1) is 6.07 Å². The van der Waals surface area contributed by atoms with Crippen molar-refractivity contribution in [3.63, 3.8) is 0 Å². The summed E-state index contributed by atoms with van der Waals surface area (Å²) in [6, 6.07) is 17.4. The van der Waals surface area contributed by atoms with Gasteiger partial charge in [-0.3, -0.25) is 0 Å². The molecule has 0 N–H and O–H groups in total. The summed E-state index contributed by atoms with van der Waals surface area (Å²) in [6.07, 6.45) is 3.73. The molecule has 23 heavy (non-hydrogen) atoms. The zero-order valence-electron chi connectivity index (χ0n) is 14.3. The van der Waals surface area contributed by atoms with Crippen molar-refractivity contribution >= 4 is 0 Å². The molecule has 2 aromatic carbocycles. The number of nitriles is 1. The Morgan fingerprint density at radius 1 is 1.09 bits per heavy atom. The van der Waals surface area contributed by atoms with Crippen LogP contribution in [0.2, 0.25) is 0 Å². The normalized spacial score (nSPS) is 13.1. The van der Waals surface area contributed by atoms with Crippen LogP contribution in [0.1, 0.15) is 47.1 Å². The Morgan fingerprint density at radius 2 is 1.78 bits per heavy atom. The van der Waals surface area contributed by atoms with Gasteiger partial charge in [-0.25, -0.2) is 0 Å². The van der Waals surface area contributed by atoms with Gasteiger partial charge in [0.2, 0.25) is 0 Å². The van der Waals surface area contributed by atoms with E-state index >= 15 is 0 Å². The predicted molar refractivity (Wildman–Crippen MR) is 97.5 cm³/mol. The summed E-state index contributed by atoms with van der Waals surface area (Å²) in [5.74, 6) is 0.367. The minimum atomic E-state index is 0.0419. The Balaban J connectivity index is 2.49. The van der Waals surface area contributed by atoms with E-state index in [9.17, 15) is 0 Å². The maximum atomic E-state index is 9.10. The summed E-state index contributed by atoms with van der Waals surface area (Å²) in [5.41, 5.74) is 6.61. The lowest BCUT2D eigenvalue weighted by Gasteiger charge is -2.22. The molecule has 0 bridgehead atoms. The fraction of sp³-hybridized carbons (Fsp3) is 0.318. The third-order valence-corrected chi connectivity index (χ3v) is 4.58. The van der Waals surface area contributed by atoms with E-state index in [2.05, 4.69) is 69.0 Å². The molecular formula is C22H25N. The number of benzene rings is 2. The van der Waals surface area contributed by atoms with Crippen LogP contribution in [0.15, 0.2) is 55.1 Å². The highest BCUT2D eigenvalue weighted by atomic mass is 14.3. The van der Waals surface area contributed by atoms with Gasteiger partial charge >= 0.3 is 0 Å². The lowest BCUT2D eigenvalue weighted by atomic mass is 9.82. The largest absolute Gasteiger partial charge is 0.198 e. The first kappa shape index (κ1) is 17.0. The van der Waals surface area contributed by atoms with Gasteiger partial charge in [0.1, 0.15) is 0 Å². The molecule has 118 valence electrons. The molecule has 1 nitrogen and oxygen atoms in total. The van der Waals surface area contributed by atoms with Crippen LogP contribution in [-0.4, -0.2) is 0 Å². The van der Waals surface area contributed by atoms with Crippen LogP contribution in [-0.2, 0) is 6.42 Å². The number of hydrogen-bond acceptors (Lipinski definition) is 1. The van der Waals surface area contributed by atoms with Gasteiger partial charge in [-0.2, -0.15) is 5.26 Å². The molecule has 0 aliphatic carbocycles. The minimum Gasteiger partial charge on any atom is -0.198 e. The second-order valence-corrected chi connectivity index (χ2v) is 6.30. The SMILES string of the molecule is C=CCC(c1ccccc1C)c1cccc(CC(C)C#N)c1C. The van der Waals surface area contributed by atoms with Crippen molar-refractivity contribution in [2.24, 2.45) is 5.92 Å². The van der Waals surface area contributed by atoms with Gasteiger partial charge < -0.3 is 0 Å². The molecule has 0 saturated carbocycles. The Bertz CT molecular complexity index is 721. The van der Waals surface area contributed by atoms with Crippen molar-refractivity contribution in [2.75, 3.05) is 0 Å². The first-order chi connectivity index (χ1) is 11.1. The van der Waals surface area contributed by atoms with Gasteiger partial charge in [-0.15, -0.1) is 6.58 Å². The van der Waals surface area contributed by atoms with Crippen LogP contribution >= 0.6 is 0 Å². The quantitative estimate of drug-likeness (QED) is 0.627. The van der Waals surface area contributed by atoms with E-state index < -0.39 is 0 Å². The van der Waals surface area contributed by atoms with Gasteiger partial charge in [-0.1, -0.05) is 48.5 Å². The second kappa shape index (κ2) is 7.79. The van der Waals surface area contributed by atoms with E-state index in [-0.39, 0.29) is 5.92 Å². The van der Waals surface area contributed by atoms with Crippen LogP contribution in [0.5, 0.6) is 0 Å². The number of hydrogen-bond donors (Lipinski definition) is 0. The lowest BCUT2D eigenvalue weighted by Crippen LogP contribution is -2.07. The van der Waals surface area contributed by atoms with Gasteiger partial charge in [0.15, 0.2) is 0 Å². The lowest BCUT2D eigenvalue weighted by molar-refractivity contribution is 0.729. The summed E-state index contributed by atoms with van der Waals surface area (Å²) in [5, 5.41) is 9.10. The van der Waals surface area contributed by atoms with E-state index in [4.69, 9.17) is 5.26 Å². The summed E-state index contributed by atoms with van der Waals surface area (Å²) < 4.78 is 0. The predicted octanol–water partition coefficient (Wildman–Crippen LogP) is 5.71. The summed E-state index contributed by atoms with van der Waals surface area (Å²) >= 11 is 0. The molecule has 0 saturated heterocycles. The molecule has 0 aliphatic rings. The molecule has 2 rings (SSSR count). The van der Waals surface area contributed by atoms with Crippen molar-refractivity contribution in [3.8, 4) is 6.07 Å². The van der Waals surface area contributed by atoms with E-state index in [1.165, 1.54) is 27.8 Å². The fourth-order valence-corrected chi connectivity index (χ4v) is 3.24. The van der Waals surface area contributed by atoms with Gasteiger partial charge in [-0.05, 0) is 61.4 Å². The Kier molecular flexibility index (Phi) is 5.77. The minimum absolute atomic E-state index is 0.0419. The van der Waals surface area contributed by atoms with Crippen molar-refractivity contribution in [1.82, 2.24) is 0 Å². The van der Waals surface area contributed by atoms with E-state index in [1.807, 2.05) is 13.0 Å². The maximum absolute atomic E-state index is 9.10. The monoisotopic (exact) mass is 303 g/mol. The van der Waals surface area contributed by atoms with E-state index in [0.29, 0.717) is 5.92 Å². The third kappa shape index (κ3) is 3.90. The highest BCUT2D eigenvalue weighted by molar-refractivity contribution is 5.44. The van der Waals surface area contributed by atoms with Crippen LogP contribution < -0.4 is 0 Å². The van der Waals surface area contributed by atoms with Crippen molar-refractivity contribution in [1.29, 1.82) is 5.26 Å². The molecule has 0 aliphatic heterocycles. The van der Waals surface area contributed by atoms with Crippen molar-refractivity contribution < 1.29 is 0 Å². The molecule has 0 spiro atoms. The van der Waals surface area contributed by atoms with Crippen LogP contribution in [0.3, 0.4) is 0 Å². The van der Waals surface area contributed by atoms with Crippen LogP contribution in [0, 0.1) is 31.1 Å². The zero-order chi connectivity index (χ0) is 16.8. The molecule has 0 radical (unpaired) electrons. The number of nitrogens with zero attached hydrogens (tertiary/aromatic N) is 1. The van der Waals surface area contributed by atoms with Crippen LogP contribution in [0.4, 0.5) is 0 Å².